The Morgan fingerprint density at radius 2 is 1.96 bits per heavy atom. The van der Waals surface area contributed by atoms with Crippen molar-refractivity contribution in [2.45, 2.75) is 38.6 Å². The zero-order valence-electron chi connectivity index (χ0n) is 15.2. The SMILES string of the molecule is CC(C)CC(=O)N1C[C@H](C(N)=O)[C@H]2c3ccccc3N(C)C(=O)[C@]21C. The van der Waals surface area contributed by atoms with Crippen LogP contribution in [0.1, 0.15) is 38.7 Å². The van der Waals surface area contributed by atoms with E-state index in [0.29, 0.717) is 6.42 Å². The minimum Gasteiger partial charge on any atom is -0.369 e. The van der Waals surface area contributed by atoms with Crippen molar-refractivity contribution in [3.63, 3.8) is 0 Å². The number of benzene rings is 1. The highest BCUT2D eigenvalue weighted by atomic mass is 16.2. The molecule has 3 amide bonds. The van der Waals surface area contributed by atoms with Gasteiger partial charge in [-0.05, 0) is 24.5 Å². The van der Waals surface area contributed by atoms with E-state index >= 15 is 0 Å². The topological polar surface area (TPSA) is 83.7 Å². The third kappa shape index (κ3) is 2.42. The van der Waals surface area contributed by atoms with Crippen molar-refractivity contribution in [2.24, 2.45) is 17.6 Å². The maximum Gasteiger partial charge on any atom is 0.253 e. The summed E-state index contributed by atoms with van der Waals surface area (Å²) in [4.78, 5) is 41.4. The Bertz CT molecular complexity index is 745. The summed E-state index contributed by atoms with van der Waals surface area (Å²) in [6, 6.07) is 7.54. The van der Waals surface area contributed by atoms with Gasteiger partial charge in [-0.3, -0.25) is 14.4 Å². The second-order valence-electron chi connectivity index (χ2n) is 7.66. The van der Waals surface area contributed by atoms with Crippen LogP contribution in [0.5, 0.6) is 0 Å². The second kappa shape index (κ2) is 5.86. The van der Waals surface area contributed by atoms with Crippen molar-refractivity contribution in [2.75, 3.05) is 18.5 Å². The van der Waals surface area contributed by atoms with Gasteiger partial charge in [0.1, 0.15) is 5.54 Å². The number of likely N-dealkylation sites (N-methyl/N-ethyl adjacent to an activating group) is 1. The fourth-order valence-corrected chi connectivity index (χ4v) is 4.40. The molecule has 0 unspecified atom stereocenters. The molecule has 2 aliphatic heterocycles. The Balaban J connectivity index is 2.16. The third-order valence-corrected chi connectivity index (χ3v) is 5.57. The molecule has 134 valence electrons. The molecule has 2 heterocycles. The number of carbonyl (C=O) groups is 3. The summed E-state index contributed by atoms with van der Waals surface area (Å²) in [7, 11) is 1.71. The molecular formula is C19H25N3O3. The maximum atomic E-state index is 13.2. The summed E-state index contributed by atoms with van der Waals surface area (Å²) in [5, 5.41) is 0. The standard InChI is InChI=1S/C19H25N3O3/c1-11(2)9-15(23)22-10-13(17(20)24)16-12-7-5-6-8-14(12)21(4)18(25)19(16,22)3/h5-8,11,13,16H,9-10H2,1-4H3,(H2,20,24)/t13-,16+,19-/m0/s1. The van der Waals surface area contributed by atoms with Crippen molar-refractivity contribution in [1.29, 1.82) is 0 Å². The molecule has 1 aromatic carbocycles. The van der Waals surface area contributed by atoms with E-state index in [1.165, 1.54) is 0 Å². The monoisotopic (exact) mass is 343 g/mol. The number of amides is 3. The largest absolute Gasteiger partial charge is 0.369 e. The Morgan fingerprint density at radius 1 is 1.32 bits per heavy atom. The van der Waals surface area contributed by atoms with Gasteiger partial charge in [-0.2, -0.15) is 0 Å². The van der Waals surface area contributed by atoms with E-state index in [-0.39, 0.29) is 24.3 Å². The maximum absolute atomic E-state index is 13.2. The molecule has 3 atom stereocenters. The second-order valence-corrected chi connectivity index (χ2v) is 7.66. The number of primary amides is 1. The Kier molecular flexibility index (Phi) is 4.09. The lowest BCUT2D eigenvalue weighted by atomic mass is 9.72. The molecule has 1 fully saturated rings. The van der Waals surface area contributed by atoms with Crippen molar-refractivity contribution in [3.8, 4) is 0 Å². The normalized spacial score (nSPS) is 28.1. The van der Waals surface area contributed by atoms with Gasteiger partial charge < -0.3 is 15.5 Å². The van der Waals surface area contributed by atoms with E-state index in [0.717, 1.165) is 11.3 Å². The molecule has 25 heavy (non-hydrogen) atoms. The Hall–Kier alpha value is -2.37. The van der Waals surface area contributed by atoms with Gasteiger partial charge in [0.15, 0.2) is 0 Å². The average molecular weight is 343 g/mol. The number of para-hydroxylation sites is 1. The summed E-state index contributed by atoms with van der Waals surface area (Å²) >= 11 is 0. The summed E-state index contributed by atoms with van der Waals surface area (Å²) in [6.07, 6.45) is 0.340. The molecular weight excluding hydrogens is 318 g/mol. The van der Waals surface area contributed by atoms with E-state index in [1.807, 2.05) is 38.1 Å². The van der Waals surface area contributed by atoms with Crippen molar-refractivity contribution in [1.82, 2.24) is 4.90 Å². The lowest BCUT2D eigenvalue weighted by Gasteiger charge is -2.45. The van der Waals surface area contributed by atoms with Crippen LogP contribution in [0.4, 0.5) is 5.69 Å². The Morgan fingerprint density at radius 3 is 2.56 bits per heavy atom. The van der Waals surface area contributed by atoms with Gasteiger partial charge in [0.2, 0.25) is 11.8 Å². The molecule has 0 aliphatic carbocycles. The number of carbonyl (C=O) groups excluding carboxylic acids is 3. The number of anilines is 1. The minimum atomic E-state index is -1.09. The van der Waals surface area contributed by atoms with Gasteiger partial charge >= 0.3 is 0 Å². The van der Waals surface area contributed by atoms with Gasteiger partial charge in [-0.25, -0.2) is 0 Å². The molecule has 1 aromatic rings. The van der Waals surface area contributed by atoms with Crippen LogP contribution in [0.15, 0.2) is 24.3 Å². The number of hydrogen-bond donors (Lipinski definition) is 1. The lowest BCUT2D eigenvalue weighted by Crippen LogP contribution is -2.61. The molecule has 6 nitrogen and oxygen atoms in total. The highest BCUT2D eigenvalue weighted by molar-refractivity contribution is 6.07. The summed E-state index contributed by atoms with van der Waals surface area (Å²) in [6.45, 7) is 5.89. The van der Waals surface area contributed by atoms with E-state index in [9.17, 15) is 14.4 Å². The van der Waals surface area contributed by atoms with Crippen LogP contribution in [-0.4, -0.2) is 41.8 Å². The number of nitrogens with zero attached hydrogens (tertiary/aromatic N) is 2. The first-order valence-electron chi connectivity index (χ1n) is 8.66. The highest BCUT2D eigenvalue weighted by Crippen LogP contribution is 2.52. The highest BCUT2D eigenvalue weighted by Gasteiger charge is 2.62. The van der Waals surface area contributed by atoms with E-state index in [1.54, 1.807) is 23.8 Å². The molecule has 2 aliphatic rings. The van der Waals surface area contributed by atoms with Crippen LogP contribution in [0.2, 0.25) is 0 Å². The molecule has 2 N–H and O–H groups in total. The van der Waals surface area contributed by atoms with E-state index < -0.39 is 23.3 Å². The number of fused-ring (bicyclic) bond motifs is 3. The van der Waals surface area contributed by atoms with Gasteiger partial charge in [0.05, 0.1) is 5.92 Å². The van der Waals surface area contributed by atoms with E-state index in [4.69, 9.17) is 5.73 Å². The minimum absolute atomic E-state index is 0.104. The fraction of sp³-hybridized carbons (Fsp3) is 0.526. The average Bonchev–Trinajstić information content (AvgIpc) is 2.87. The first-order chi connectivity index (χ1) is 11.7. The van der Waals surface area contributed by atoms with Crippen LogP contribution in [0, 0.1) is 11.8 Å². The molecule has 0 aromatic heterocycles. The Labute approximate surface area is 148 Å². The van der Waals surface area contributed by atoms with Gasteiger partial charge in [0.25, 0.3) is 5.91 Å². The van der Waals surface area contributed by atoms with Gasteiger partial charge in [0, 0.05) is 31.6 Å². The number of hydrogen-bond acceptors (Lipinski definition) is 3. The van der Waals surface area contributed by atoms with Crippen LogP contribution in [0.3, 0.4) is 0 Å². The summed E-state index contributed by atoms with van der Waals surface area (Å²) < 4.78 is 0. The van der Waals surface area contributed by atoms with Crippen molar-refractivity contribution >= 4 is 23.4 Å². The fourth-order valence-electron chi connectivity index (χ4n) is 4.40. The molecule has 6 heteroatoms. The smallest absolute Gasteiger partial charge is 0.253 e. The number of nitrogens with two attached hydrogens (primary N) is 1. The first-order valence-corrected chi connectivity index (χ1v) is 8.66. The third-order valence-electron chi connectivity index (χ3n) is 5.57. The zero-order valence-corrected chi connectivity index (χ0v) is 15.2. The number of likely N-dealkylation sites (tertiary alicyclic amines) is 1. The predicted molar refractivity (Wildman–Crippen MR) is 94.9 cm³/mol. The molecule has 0 bridgehead atoms. The van der Waals surface area contributed by atoms with Crippen molar-refractivity contribution in [3.05, 3.63) is 29.8 Å². The van der Waals surface area contributed by atoms with Crippen molar-refractivity contribution < 1.29 is 14.4 Å². The first kappa shape index (κ1) is 17.5. The van der Waals surface area contributed by atoms with Crippen LogP contribution in [0.25, 0.3) is 0 Å². The lowest BCUT2D eigenvalue weighted by molar-refractivity contribution is -0.144. The quantitative estimate of drug-likeness (QED) is 0.902. The molecule has 0 saturated carbocycles. The van der Waals surface area contributed by atoms with Crippen LogP contribution < -0.4 is 10.6 Å². The molecule has 0 radical (unpaired) electrons. The van der Waals surface area contributed by atoms with E-state index in [2.05, 4.69) is 0 Å². The van der Waals surface area contributed by atoms with Gasteiger partial charge in [-0.15, -0.1) is 0 Å². The van der Waals surface area contributed by atoms with Crippen LogP contribution in [-0.2, 0) is 14.4 Å². The number of rotatable bonds is 3. The zero-order chi connectivity index (χ0) is 18.5. The van der Waals surface area contributed by atoms with Gasteiger partial charge in [-0.1, -0.05) is 32.0 Å². The molecule has 3 rings (SSSR count). The molecule has 1 saturated heterocycles. The summed E-state index contributed by atoms with van der Waals surface area (Å²) in [5.41, 5.74) is 6.25. The van der Waals surface area contributed by atoms with Crippen LogP contribution >= 0.6 is 0 Å². The molecule has 0 spiro atoms. The summed E-state index contributed by atoms with van der Waals surface area (Å²) in [5.74, 6) is -1.56. The predicted octanol–water partition coefficient (Wildman–Crippen LogP) is 1.50.